The Labute approximate surface area is 56.2 Å². The van der Waals surface area contributed by atoms with Gasteiger partial charge in [-0.2, -0.15) is 0 Å². The molecule has 3 nitrogen and oxygen atoms in total. The second kappa shape index (κ2) is 6.01. The van der Waals surface area contributed by atoms with Crippen LogP contribution >= 0.6 is 0 Å². The fraction of sp³-hybridized carbons (Fsp3) is 1.00. The highest BCUT2D eigenvalue weighted by Crippen LogP contribution is 1.82. The molecule has 0 aliphatic carbocycles. The average Bonchev–Trinajstić information content (AvgIpc) is 1.89. The molecule has 0 aliphatic rings. The molecule has 0 aromatic rings. The van der Waals surface area contributed by atoms with Gasteiger partial charge in [0.15, 0.2) is 0 Å². The van der Waals surface area contributed by atoms with Gasteiger partial charge in [-0.05, 0) is 13.0 Å². The quantitative estimate of drug-likeness (QED) is 0.354. The molecule has 0 bridgehead atoms. The molecule has 0 aliphatic heterocycles. The van der Waals surface area contributed by atoms with Gasteiger partial charge in [0.1, 0.15) is 0 Å². The summed E-state index contributed by atoms with van der Waals surface area (Å²) in [6.07, 6.45) is 2.04. The number of aliphatic hydroxyl groups excluding tert-OH is 1. The maximum Gasteiger partial charge on any atom is 0.0785 e. The van der Waals surface area contributed by atoms with E-state index in [1.54, 1.807) is 0 Å². The van der Waals surface area contributed by atoms with Crippen molar-refractivity contribution in [1.82, 2.24) is 5.32 Å². The van der Waals surface area contributed by atoms with E-state index < -0.39 is 0 Å². The lowest BCUT2D eigenvalue weighted by atomic mass is 10.3. The van der Waals surface area contributed by atoms with Crippen molar-refractivity contribution < 1.29 is 5.11 Å². The summed E-state index contributed by atoms with van der Waals surface area (Å²) in [5.74, 6) is 0. The van der Waals surface area contributed by atoms with Crippen LogP contribution in [0.3, 0.4) is 0 Å². The van der Waals surface area contributed by atoms with Crippen LogP contribution < -0.4 is 11.1 Å². The minimum absolute atomic E-state index is 0.0176. The van der Waals surface area contributed by atoms with E-state index >= 15 is 0 Å². The summed E-state index contributed by atoms with van der Waals surface area (Å²) in [7, 11) is 0. The van der Waals surface area contributed by atoms with Crippen LogP contribution in [0.5, 0.6) is 0 Å². The number of aliphatic hydroxyl groups is 1. The van der Waals surface area contributed by atoms with Crippen LogP contribution in [-0.4, -0.2) is 24.4 Å². The zero-order valence-corrected chi connectivity index (χ0v) is 5.93. The molecule has 0 radical (unpaired) electrons. The fourth-order valence-electron chi connectivity index (χ4n) is 0.529. The summed E-state index contributed by atoms with van der Waals surface area (Å²) in [4.78, 5) is 0. The lowest BCUT2D eigenvalue weighted by Crippen LogP contribution is -2.40. The summed E-state index contributed by atoms with van der Waals surface area (Å²) in [5, 5.41) is 11.4. The third kappa shape index (κ3) is 5.76. The van der Waals surface area contributed by atoms with Crippen LogP contribution in [0.25, 0.3) is 0 Å². The Morgan fingerprint density at radius 1 is 1.67 bits per heavy atom. The van der Waals surface area contributed by atoms with Crippen molar-refractivity contribution >= 4 is 0 Å². The Balaban J connectivity index is 2.88. The summed E-state index contributed by atoms with van der Waals surface area (Å²) in [6.45, 7) is 3.04. The Morgan fingerprint density at radius 2 is 2.33 bits per heavy atom. The third-order valence-electron chi connectivity index (χ3n) is 1.13. The van der Waals surface area contributed by atoms with E-state index in [4.69, 9.17) is 10.8 Å². The third-order valence-corrected chi connectivity index (χ3v) is 1.13. The number of unbranched alkanes of at least 4 members (excludes halogenated alkanes) is 1. The van der Waals surface area contributed by atoms with E-state index in [9.17, 15) is 0 Å². The molecule has 0 rings (SSSR count). The van der Waals surface area contributed by atoms with Gasteiger partial charge in [-0.15, -0.1) is 0 Å². The molecular formula is C6H16N2O. The number of hydrogen-bond acceptors (Lipinski definition) is 3. The van der Waals surface area contributed by atoms with E-state index in [1.807, 2.05) is 0 Å². The zero-order valence-electron chi connectivity index (χ0n) is 5.93. The highest BCUT2D eigenvalue weighted by atomic mass is 16.3. The predicted molar refractivity (Wildman–Crippen MR) is 38.0 cm³/mol. The van der Waals surface area contributed by atoms with Crippen molar-refractivity contribution in [3.05, 3.63) is 0 Å². The first-order valence-electron chi connectivity index (χ1n) is 3.41. The van der Waals surface area contributed by atoms with Gasteiger partial charge in [0, 0.05) is 0 Å². The van der Waals surface area contributed by atoms with E-state index in [0.717, 1.165) is 19.4 Å². The molecular weight excluding hydrogens is 116 g/mol. The van der Waals surface area contributed by atoms with E-state index in [2.05, 4.69) is 12.2 Å². The average molecular weight is 132 g/mol. The van der Waals surface area contributed by atoms with Crippen molar-refractivity contribution in [2.24, 2.45) is 5.73 Å². The van der Waals surface area contributed by atoms with Crippen LogP contribution in [0.4, 0.5) is 0 Å². The first-order valence-corrected chi connectivity index (χ1v) is 3.41. The van der Waals surface area contributed by atoms with E-state index in [-0.39, 0.29) is 12.8 Å². The van der Waals surface area contributed by atoms with Gasteiger partial charge >= 0.3 is 0 Å². The van der Waals surface area contributed by atoms with Crippen molar-refractivity contribution in [3.8, 4) is 0 Å². The van der Waals surface area contributed by atoms with Gasteiger partial charge in [0.2, 0.25) is 0 Å². The van der Waals surface area contributed by atoms with Crippen LogP contribution in [0.15, 0.2) is 0 Å². The predicted octanol–water partition coefficient (Wildman–Crippen LogP) is -0.347. The normalized spacial score (nSPS) is 13.7. The molecule has 1 unspecified atom stereocenters. The molecule has 1 atom stereocenters. The monoisotopic (exact) mass is 132 g/mol. The van der Waals surface area contributed by atoms with Gasteiger partial charge < -0.3 is 16.2 Å². The van der Waals surface area contributed by atoms with Crippen LogP contribution in [-0.2, 0) is 0 Å². The van der Waals surface area contributed by atoms with Gasteiger partial charge in [0.05, 0.1) is 12.8 Å². The molecule has 0 heterocycles. The summed E-state index contributed by atoms with van der Waals surface area (Å²) >= 11 is 0. The highest BCUT2D eigenvalue weighted by molar-refractivity contribution is 4.54. The Hall–Kier alpha value is -0.120. The Bertz CT molecular complexity index is 59.0. The number of hydrogen-bond donors (Lipinski definition) is 3. The molecule has 0 fully saturated rings. The van der Waals surface area contributed by atoms with Crippen LogP contribution in [0.1, 0.15) is 19.8 Å². The van der Waals surface area contributed by atoms with Crippen molar-refractivity contribution in [1.29, 1.82) is 0 Å². The van der Waals surface area contributed by atoms with Crippen molar-refractivity contribution in [3.63, 3.8) is 0 Å². The zero-order chi connectivity index (χ0) is 7.11. The minimum atomic E-state index is -0.239. The topological polar surface area (TPSA) is 58.3 Å². The van der Waals surface area contributed by atoms with Crippen LogP contribution in [0, 0.1) is 0 Å². The minimum Gasteiger partial charge on any atom is -0.393 e. The molecule has 0 aromatic heterocycles. The number of rotatable bonds is 5. The lowest BCUT2D eigenvalue weighted by molar-refractivity contribution is 0.245. The molecule has 9 heavy (non-hydrogen) atoms. The number of nitrogens with one attached hydrogen (secondary N) is 1. The number of nitrogens with two attached hydrogens (primary N) is 1. The molecule has 0 saturated heterocycles. The van der Waals surface area contributed by atoms with Gasteiger partial charge in [-0.1, -0.05) is 13.3 Å². The Kier molecular flexibility index (Phi) is 5.93. The smallest absolute Gasteiger partial charge is 0.0785 e. The molecule has 4 N–H and O–H groups in total. The summed E-state index contributed by atoms with van der Waals surface area (Å²) in [5.41, 5.74) is 5.35. The molecule has 0 saturated carbocycles. The first-order chi connectivity index (χ1) is 4.31. The standard InChI is InChI=1S/C6H16N2O/c1-2-3-4-8-6(7)5-9/h6,8-9H,2-5,7H2,1H3. The molecule has 0 aromatic carbocycles. The van der Waals surface area contributed by atoms with E-state index in [1.165, 1.54) is 0 Å². The highest BCUT2D eigenvalue weighted by Gasteiger charge is 1.94. The molecule has 3 heteroatoms. The molecule has 0 amide bonds. The van der Waals surface area contributed by atoms with Gasteiger partial charge in [0.25, 0.3) is 0 Å². The maximum atomic E-state index is 8.45. The van der Waals surface area contributed by atoms with Crippen LogP contribution in [0.2, 0.25) is 0 Å². The van der Waals surface area contributed by atoms with Crippen molar-refractivity contribution in [2.45, 2.75) is 25.9 Å². The van der Waals surface area contributed by atoms with Gasteiger partial charge in [-0.25, -0.2) is 0 Å². The lowest BCUT2D eigenvalue weighted by Gasteiger charge is -2.08. The summed E-state index contributed by atoms with van der Waals surface area (Å²) in [6, 6.07) is 0. The van der Waals surface area contributed by atoms with Gasteiger partial charge in [-0.3, -0.25) is 0 Å². The maximum absolute atomic E-state index is 8.45. The first kappa shape index (κ1) is 8.88. The van der Waals surface area contributed by atoms with Crippen molar-refractivity contribution in [2.75, 3.05) is 13.2 Å². The van der Waals surface area contributed by atoms with E-state index in [0.29, 0.717) is 0 Å². The largest absolute Gasteiger partial charge is 0.393 e. The fourth-order valence-corrected chi connectivity index (χ4v) is 0.529. The molecule has 56 valence electrons. The second-order valence-electron chi connectivity index (χ2n) is 2.10. The second-order valence-corrected chi connectivity index (χ2v) is 2.10. The Morgan fingerprint density at radius 3 is 2.78 bits per heavy atom. The SMILES string of the molecule is CCCCNC(N)CO. The molecule has 0 spiro atoms. The summed E-state index contributed by atoms with van der Waals surface area (Å²) < 4.78 is 0.